The second-order valence-electron chi connectivity index (χ2n) is 6.31. The third-order valence-corrected chi connectivity index (χ3v) is 4.49. The molecule has 0 radical (unpaired) electrons. The highest BCUT2D eigenvalue weighted by atomic mass is 19.1. The van der Waals surface area contributed by atoms with Crippen LogP contribution >= 0.6 is 0 Å². The molecule has 8 heteroatoms. The second kappa shape index (κ2) is 7.77. The number of rotatable bonds is 4. The summed E-state index contributed by atoms with van der Waals surface area (Å²) in [7, 11) is 1.59. The summed E-state index contributed by atoms with van der Waals surface area (Å²) in [5.41, 5.74) is 1.05. The van der Waals surface area contributed by atoms with Crippen LogP contribution in [0.3, 0.4) is 0 Å². The van der Waals surface area contributed by atoms with E-state index >= 15 is 0 Å². The Balaban J connectivity index is 1.49. The van der Waals surface area contributed by atoms with Gasteiger partial charge in [0.15, 0.2) is 0 Å². The number of nitrogens with zero attached hydrogens (tertiary/aromatic N) is 3. The maximum absolute atomic E-state index is 13.4. The number of morpholine rings is 1. The van der Waals surface area contributed by atoms with E-state index < -0.39 is 11.9 Å². The summed E-state index contributed by atoms with van der Waals surface area (Å²) in [4.78, 5) is 18.6. The van der Waals surface area contributed by atoms with Crippen LogP contribution in [0.1, 0.15) is 22.3 Å². The second-order valence-corrected chi connectivity index (χ2v) is 6.31. The zero-order valence-corrected chi connectivity index (χ0v) is 15.2. The molecule has 4 rings (SSSR count). The number of halogens is 1. The Kier molecular flexibility index (Phi) is 5.03. The van der Waals surface area contributed by atoms with Gasteiger partial charge in [0.25, 0.3) is 11.8 Å². The minimum absolute atomic E-state index is 0.258. The van der Waals surface area contributed by atoms with Crippen LogP contribution in [0.25, 0.3) is 11.5 Å². The number of amides is 1. The quantitative estimate of drug-likeness (QED) is 0.689. The predicted octanol–water partition coefficient (Wildman–Crippen LogP) is 3.10. The molecular weight excluding hydrogens is 365 g/mol. The van der Waals surface area contributed by atoms with Crippen molar-refractivity contribution in [1.82, 2.24) is 15.0 Å². The first-order valence-electron chi connectivity index (χ1n) is 8.78. The lowest BCUT2D eigenvalue weighted by Gasteiger charge is -2.31. The van der Waals surface area contributed by atoms with E-state index in [-0.39, 0.29) is 12.5 Å². The molecule has 0 bridgehead atoms. The Morgan fingerprint density at radius 2 is 2.07 bits per heavy atom. The molecule has 28 heavy (non-hydrogen) atoms. The Morgan fingerprint density at radius 3 is 2.82 bits per heavy atom. The smallest absolute Gasteiger partial charge is 0.258 e. The predicted molar refractivity (Wildman–Crippen MR) is 97.3 cm³/mol. The van der Waals surface area contributed by atoms with Crippen molar-refractivity contribution in [2.45, 2.75) is 6.10 Å². The van der Waals surface area contributed by atoms with Crippen molar-refractivity contribution in [3.05, 3.63) is 65.7 Å². The molecule has 2 heterocycles. The number of hydrogen-bond donors (Lipinski definition) is 0. The third-order valence-electron chi connectivity index (χ3n) is 4.49. The molecule has 0 aliphatic carbocycles. The fourth-order valence-corrected chi connectivity index (χ4v) is 3.01. The highest BCUT2D eigenvalue weighted by Crippen LogP contribution is 2.25. The summed E-state index contributed by atoms with van der Waals surface area (Å²) in [5, 5.41) is 4.00. The maximum atomic E-state index is 13.4. The number of ether oxygens (including phenoxy) is 2. The lowest BCUT2D eigenvalue weighted by Crippen LogP contribution is -2.42. The lowest BCUT2D eigenvalue weighted by atomic mass is 10.1. The van der Waals surface area contributed by atoms with Gasteiger partial charge in [0.1, 0.15) is 17.7 Å². The first-order valence-corrected chi connectivity index (χ1v) is 8.78. The van der Waals surface area contributed by atoms with Crippen LogP contribution in [0, 0.1) is 5.82 Å². The van der Waals surface area contributed by atoms with Crippen LogP contribution in [-0.4, -0.2) is 47.8 Å². The molecule has 1 aliphatic heterocycles. The SMILES string of the molecule is COc1ccc(-c2nc([C@@H]3CN(C(=O)c4cccc(F)c4)CCO3)no2)cc1. The number of aromatic nitrogens is 2. The van der Waals surface area contributed by atoms with E-state index in [9.17, 15) is 9.18 Å². The summed E-state index contributed by atoms with van der Waals surface area (Å²) >= 11 is 0. The molecule has 0 saturated carbocycles. The van der Waals surface area contributed by atoms with E-state index in [4.69, 9.17) is 14.0 Å². The highest BCUT2D eigenvalue weighted by molar-refractivity contribution is 5.94. The molecule has 1 saturated heterocycles. The summed E-state index contributed by atoms with van der Waals surface area (Å²) < 4.78 is 29.6. The monoisotopic (exact) mass is 383 g/mol. The molecule has 1 fully saturated rings. The van der Waals surface area contributed by atoms with Gasteiger partial charge in [-0.15, -0.1) is 0 Å². The summed E-state index contributed by atoms with van der Waals surface area (Å²) in [6.07, 6.45) is -0.512. The molecule has 0 unspecified atom stereocenters. The minimum Gasteiger partial charge on any atom is -0.497 e. The van der Waals surface area contributed by atoms with Gasteiger partial charge < -0.3 is 18.9 Å². The van der Waals surface area contributed by atoms with Crippen molar-refractivity contribution in [3.63, 3.8) is 0 Å². The number of carbonyl (C=O) groups is 1. The maximum Gasteiger partial charge on any atom is 0.258 e. The van der Waals surface area contributed by atoms with E-state index in [1.165, 1.54) is 18.2 Å². The van der Waals surface area contributed by atoms with E-state index in [0.717, 1.165) is 11.3 Å². The normalized spacial score (nSPS) is 16.8. The Morgan fingerprint density at radius 1 is 1.25 bits per heavy atom. The summed E-state index contributed by atoms with van der Waals surface area (Å²) in [6.45, 7) is 1.00. The molecule has 1 aromatic heterocycles. The van der Waals surface area contributed by atoms with Gasteiger partial charge in [-0.2, -0.15) is 4.98 Å². The first kappa shape index (κ1) is 18.1. The topological polar surface area (TPSA) is 77.7 Å². The summed E-state index contributed by atoms with van der Waals surface area (Å²) in [6, 6.07) is 12.9. The van der Waals surface area contributed by atoms with Crippen LogP contribution in [0.2, 0.25) is 0 Å². The number of hydrogen-bond acceptors (Lipinski definition) is 6. The lowest BCUT2D eigenvalue weighted by molar-refractivity contribution is -0.0276. The zero-order valence-electron chi connectivity index (χ0n) is 15.2. The zero-order chi connectivity index (χ0) is 19.5. The third kappa shape index (κ3) is 3.72. The van der Waals surface area contributed by atoms with Crippen LogP contribution in [0.5, 0.6) is 5.75 Å². The highest BCUT2D eigenvalue weighted by Gasteiger charge is 2.29. The average Bonchev–Trinajstić information content (AvgIpc) is 3.24. The standard InChI is InChI=1S/C20H18FN3O4/c1-26-16-7-5-13(6-8-16)19-22-18(23-28-19)17-12-24(9-10-27-17)20(25)14-3-2-4-15(21)11-14/h2-8,11,17H,9-10,12H2,1H3/t17-/m0/s1. The molecule has 3 aromatic rings. The van der Waals surface area contributed by atoms with Gasteiger partial charge >= 0.3 is 0 Å². The Bertz CT molecular complexity index is 974. The van der Waals surface area contributed by atoms with Crippen molar-refractivity contribution in [1.29, 1.82) is 0 Å². The van der Waals surface area contributed by atoms with Crippen molar-refractivity contribution >= 4 is 5.91 Å². The number of benzene rings is 2. The average molecular weight is 383 g/mol. The van der Waals surface area contributed by atoms with Crippen molar-refractivity contribution in [2.75, 3.05) is 26.8 Å². The van der Waals surface area contributed by atoms with E-state index in [0.29, 0.717) is 30.4 Å². The Hall–Kier alpha value is -3.26. The van der Waals surface area contributed by atoms with Crippen LogP contribution in [0.15, 0.2) is 53.1 Å². The molecule has 0 N–H and O–H groups in total. The number of carbonyl (C=O) groups excluding carboxylic acids is 1. The van der Waals surface area contributed by atoms with Crippen molar-refractivity contribution in [3.8, 4) is 17.2 Å². The van der Waals surface area contributed by atoms with Gasteiger partial charge in [-0.1, -0.05) is 11.2 Å². The van der Waals surface area contributed by atoms with Gasteiger partial charge in [0, 0.05) is 17.7 Å². The van der Waals surface area contributed by atoms with E-state index in [1.807, 2.05) is 12.1 Å². The largest absolute Gasteiger partial charge is 0.497 e. The van der Waals surface area contributed by atoms with Crippen LogP contribution in [-0.2, 0) is 4.74 Å². The van der Waals surface area contributed by atoms with Crippen molar-refractivity contribution in [2.24, 2.45) is 0 Å². The fraction of sp³-hybridized carbons (Fsp3) is 0.250. The number of methoxy groups -OCH3 is 1. The molecule has 7 nitrogen and oxygen atoms in total. The van der Waals surface area contributed by atoms with Gasteiger partial charge in [-0.25, -0.2) is 4.39 Å². The molecule has 1 aliphatic rings. The van der Waals surface area contributed by atoms with Gasteiger partial charge in [-0.3, -0.25) is 4.79 Å². The van der Waals surface area contributed by atoms with Gasteiger partial charge in [0.05, 0.1) is 20.3 Å². The molecule has 1 amide bonds. The molecular formula is C20H18FN3O4. The molecule has 1 atom stereocenters. The molecule has 2 aromatic carbocycles. The Labute approximate surface area is 160 Å². The summed E-state index contributed by atoms with van der Waals surface area (Å²) in [5.74, 6) is 0.743. The van der Waals surface area contributed by atoms with Crippen LogP contribution < -0.4 is 4.74 Å². The molecule has 0 spiro atoms. The van der Waals surface area contributed by atoms with Gasteiger partial charge in [-0.05, 0) is 42.5 Å². The van der Waals surface area contributed by atoms with Gasteiger partial charge in [0.2, 0.25) is 5.82 Å². The van der Waals surface area contributed by atoms with E-state index in [2.05, 4.69) is 10.1 Å². The molecule has 144 valence electrons. The van der Waals surface area contributed by atoms with E-state index in [1.54, 1.807) is 30.2 Å². The van der Waals surface area contributed by atoms with Crippen molar-refractivity contribution < 1.29 is 23.2 Å². The van der Waals surface area contributed by atoms with Crippen LogP contribution in [0.4, 0.5) is 4.39 Å². The minimum atomic E-state index is -0.512. The fourth-order valence-electron chi connectivity index (χ4n) is 3.01. The first-order chi connectivity index (χ1) is 13.6.